The Morgan fingerprint density at radius 3 is 2.26 bits per heavy atom. The summed E-state index contributed by atoms with van der Waals surface area (Å²) < 4.78 is 27.7. The van der Waals surface area contributed by atoms with Gasteiger partial charge in [-0.25, -0.2) is 9.78 Å². The van der Waals surface area contributed by atoms with Crippen molar-refractivity contribution in [2.45, 2.75) is 92.1 Å². The van der Waals surface area contributed by atoms with Crippen LogP contribution in [0.5, 0.6) is 0 Å². The Morgan fingerprint density at radius 1 is 0.852 bits per heavy atom. The largest absolute Gasteiger partial charge is 0.445 e. The highest BCUT2D eigenvalue weighted by Crippen LogP contribution is 2.42. The number of ether oxygens (including phenoxy) is 5. The van der Waals surface area contributed by atoms with E-state index in [0.29, 0.717) is 65.6 Å². The van der Waals surface area contributed by atoms with Gasteiger partial charge in [0.15, 0.2) is 0 Å². The van der Waals surface area contributed by atoms with Crippen molar-refractivity contribution in [3.8, 4) is 0 Å². The van der Waals surface area contributed by atoms with E-state index in [9.17, 15) is 9.59 Å². The summed E-state index contributed by atoms with van der Waals surface area (Å²) >= 11 is 0. The van der Waals surface area contributed by atoms with Crippen LogP contribution in [0.25, 0.3) is 33.7 Å². The van der Waals surface area contributed by atoms with Crippen molar-refractivity contribution in [2.75, 3.05) is 79.7 Å². The molecule has 2 aliphatic heterocycles. The van der Waals surface area contributed by atoms with Crippen LogP contribution in [0, 0.1) is 20.8 Å². The van der Waals surface area contributed by atoms with E-state index in [2.05, 4.69) is 90.0 Å². The van der Waals surface area contributed by atoms with Crippen LogP contribution in [0.4, 0.5) is 4.79 Å². The van der Waals surface area contributed by atoms with Crippen LogP contribution in [0.3, 0.4) is 0 Å². The average Bonchev–Trinajstić information content (AvgIpc) is 3.95. The fourth-order valence-electron chi connectivity index (χ4n) is 7.83. The van der Waals surface area contributed by atoms with Crippen LogP contribution in [0.15, 0.2) is 18.2 Å². The molecule has 0 aromatic carbocycles. The first-order chi connectivity index (χ1) is 29.5. The summed E-state index contributed by atoms with van der Waals surface area (Å²) in [6.07, 6.45) is 6.46. The van der Waals surface area contributed by atoms with Gasteiger partial charge in [-0.1, -0.05) is 13.8 Å². The number of allylic oxidation sites excluding steroid dienone is 1. The minimum absolute atomic E-state index is 0.00178. The number of nitrogens with one attached hydrogen (secondary N) is 3. The molecule has 15 heteroatoms. The number of nitrogens with zero attached hydrogens (tertiary/aromatic N) is 3. The second-order valence-corrected chi connectivity index (χ2v) is 18.0. The Morgan fingerprint density at radius 2 is 1.52 bits per heavy atom. The number of aryl methyl sites for hydroxylation is 3. The van der Waals surface area contributed by atoms with E-state index in [1.165, 1.54) is 5.56 Å². The van der Waals surface area contributed by atoms with Crippen molar-refractivity contribution in [2.24, 2.45) is 0 Å². The number of alkyl carbamates (subject to hydrolysis) is 1. The lowest BCUT2D eigenvalue weighted by Crippen LogP contribution is -2.30. The number of hydrogen-bond acceptors (Lipinski definition) is 9. The van der Waals surface area contributed by atoms with E-state index in [0.717, 1.165) is 113 Å². The molecule has 8 bridgehead atoms. The molecular weight excluding hydrogens is 810 g/mol. The number of likely N-dealkylation sites (N-methyl/N-ethyl adjacent to an activating group) is 1. The van der Waals surface area contributed by atoms with Gasteiger partial charge in [-0.3, -0.25) is 9.78 Å². The summed E-state index contributed by atoms with van der Waals surface area (Å²) in [5.74, 6) is 0.0894. The second kappa shape index (κ2) is 24.2. The first-order valence-corrected chi connectivity index (χ1v) is 24.7. The number of rotatable bonds is 23. The van der Waals surface area contributed by atoms with Crippen LogP contribution in [0.1, 0.15) is 109 Å². The molecule has 0 spiro atoms. The first-order valence-electron chi connectivity index (χ1n) is 21.7. The van der Waals surface area contributed by atoms with Crippen molar-refractivity contribution in [3.63, 3.8) is 0 Å². The van der Waals surface area contributed by atoms with Gasteiger partial charge in [0.1, 0.15) is 6.61 Å². The zero-order valence-corrected chi connectivity index (χ0v) is 39.7. The molecule has 3 N–H and O–H groups in total. The van der Waals surface area contributed by atoms with Gasteiger partial charge >= 0.3 is 6.09 Å². The van der Waals surface area contributed by atoms with E-state index in [1.54, 1.807) is 12.0 Å². The van der Waals surface area contributed by atoms with Gasteiger partial charge in [-0.05, 0) is 112 Å². The summed E-state index contributed by atoms with van der Waals surface area (Å²) in [6.45, 7) is 17.6. The van der Waals surface area contributed by atoms with Gasteiger partial charge in [0.05, 0.1) is 44.4 Å². The number of methoxy groups -OCH3 is 1. The minimum atomic E-state index is -0.462. The van der Waals surface area contributed by atoms with Crippen molar-refractivity contribution in [3.05, 3.63) is 68.8 Å². The molecule has 334 valence electrons. The number of H-pyrrole nitrogens is 2. The maximum atomic E-state index is 13.5. The Labute approximate surface area is 365 Å². The van der Waals surface area contributed by atoms with Gasteiger partial charge in [0.2, 0.25) is 5.91 Å². The number of carbonyl (C=O) groups is 2. The zero-order chi connectivity index (χ0) is 43.9. The Balaban J connectivity index is 1.44. The van der Waals surface area contributed by atoms with Gasteiger partial charge in [0, 0.05) is 97.7 Å². The molecule has 13 nitrogen and oxygen atoms in total. The molecule has 0 aliphatic carbocycles. The molecule has 2 unspecified atom stereocenters. The van der Waals surface area contributed by atoms with Gasteiger partial charge in [-0.2, -0.15) is 0 Å². The molecule has 5 rings (SSSR count). The molecule has 61 heavy (non-hydrogen) atoms. The van der Waals surface area contributed by atoms with Crippen LogP contribution in [0.2, 0.25) is 0 Å². The minimum Gasteiger partial charge on any atom is -0.445 e. The molecule has 3 aromatic rings. The first kappa shape index (κ1) is 48.3. The molecule has 0 saturated heterocycles. The number of fused-ring (bicyclic) bond motifs is 8. The van der Waals surface area contributed by atoms with E-state index in [1.807, 2.05) is 7.05 Å². The molecular formula is C46H68N6O7P2. The predicted molar refractivity (Wildman–Crippen MR) is 251 cm³/mol. The third kappa shape index (κ3) is 13.2. The lowest BCUT2D eigenvalue weighted by Gasteiger charge is -2.21. The fraction of sp³-hybridized carbons (Fsp3) is 0.565. The monoisotopic (exact) mass is 878 g/mol. The van der Waals surface area contributed by atoms with Crippen molar-refractivity contribution >= 4 is 62.9 Å². The normalized spacial score (nSPS) is 15.1. The number of aromatic nitrogens is 4. The number of amides is 2. The molecule has 2 aliphatic rings. The zero-order valence-electron chi connectivity index (χ0n) is 37.6. The van der Waals surface area contributed by atoms with E-state index >= 15 is 0 Å². The number of carbonyl (C=O) groups excluding carboxylic acids is 2. The third-order valence-corrected chi connectivity index (χ3v) is 13.2. The average molecular weight is 879 g/mol. The number of hydrogen-bond donors (Lipinski definition) is 3. The summed E-state index contributed by atoms with van der Waals surface area (Å²) in [5, 5.41) is 2.88. The van der Waals surface area contributed by atoms with Crippen LogP contribution in [-0.4, -0.2) is 116 Å². The standard InChI is InChI=1S/C46H68N6O7P2/c1-9-34-30(3)40-27-43-36(28-59-46(54)47-14-10-16-56-17-11-23-61-60)32(5)39(50-43)26-41-31(4)35(12-13-44(53)52(7)15-18-57-21-22-58-20-19-55-8)45(51-41)33(6)38-24-29(2)37(48-38)25-42(34)49-40/h24-27,31,35,49-50,61H,9-23,28,60H2,1-8H3,(H,47,54)/t31-,35-/m0/s1. The molecule has 3 aromatic heterocycles. The quantitative estimate of drug-likeness (QED) is 0.0628. The Hall–Kier alpha value is -3.70. The fourth-order valence-corrected chi connectivity index (χ4v) is 8.79. The smallest absolute Gasteiger partial charge is 0.407 e. The second-order valence-electron chi connectivity index (χ2n) is 15.9. The molecule has 2 amide bonds. The van der Waals surface area contributed by atoms with Crippen molar-refractivity contribution in [1.29, 1.82) is 0 Å². The van der Waals surface area contributed by atoms with E-state index < -0.39 is 6.09 Å². The summed E-state index contributed by atoms with van der Waals surface area (Å²) in [6, 6.07) is 6.38. The third-order valence-electron chi connectivity index (χ3n) is 11.7. The molecule has 0 fully saturated rings. The number of aromatic amines is 2. The highest BCUT2D eigenvalue weighted by atomic mass is 32.0. The van der Waals surface area contributed by atoms with Crippen molar-refractivity contribution in [1.82, 2.24) is 30.2 Å². The summed E-state index contributed by atoms with van der Waals surface area (Å²) in [7, 11) is 7.10. The van der Waals surface area contributed by atoms with Gasteiger partial charge in [0.25, 0.3) is 0 Å². The summed E-state index contributed by atoms with van der Waals surface area (Å²) in [4.78, 5) is 46.0. The Kier molecular flexibility index (Phi) is 19.2. The maximum Gasteiger partial charge on any atom is 0.407 e. The highest BCUT2D eigenvalue weighted by Gasteiger charge is 2.32. The maximum absolute atomic E-state index is 13.5. The van der Waals surface area contributed by atoms with Gasteiger partial charge in [-0.15, -0.1) is 17.2 Å². The van der Waals surface area contributed by atoms with Crippen molar-refractivity contribution < 1.29 is 33.3 Å². The van der Waals surface area contributed by atoms with Crippen LogP contribution in [-0.2, 0) is 41.5 Å². The topological polar surface area (TPSA) is 153 Å². The molecule has 4 atom stereocenters. The SMILES string of the molecule is CCc1c(C)c2cc3[nH]c(cc4nc(c(C)c5nc(cc1[nH]2)C(C)=C5)[C@@H](CCC(=O)N(C)CCOCCOCCOC)[C@@H]4C)c(C)c3COC(=O)NCCCOCCCPP. The molecule has 0 radical (unpaired) electrons. The van der Waals surface area contributed by atoms with E-state index in [-0.39, 0.29) is 24.3 Å². The summed E-state index contributed by atoms with van der Waals surface area (Å²) in [5.41, 5.74) is 13.8. The van der Waals surface area contributed by atoms with Gasteiger partial charge < -0.3 is 43.9 Å². The van der Waals surface area contributed by atoms with Crippen LogP contribution < -0.4 is 5.32 Å². The molecule has 5 heterocycles. The lowest BCUT2D eigenvalue weighted by molar-refractivity contribution is -0.130. The highest BCUT2D eigenvalue weighted by molar-refractivity contribution is 8.02. The Bertz CT molecular complexity index is 2150. The van der Waals surface area contributed by atoms with E-state index in [4.69, 9.17) is 33.7 Å². The molecule has 0 saturated carbocycles. The lowest BCUT2D eigenvalue weighted by atomic mass is 9.85. The van der Waals surface area contributed by atoms with Crippen LogP contribution >= 0.6 is 17.2 Å². The predicted octanol–water partition coefficient (Wildman–Crippen LogP) is 8.66.